The van der Waals surface area contributed by atoms with Gasteiger partial charge in [-0.3, -0.25) is 4.79 Å². The Balaban J connectivity index is 1.17. The molecule has 0 spiro atoms. The average molecular weight is 473 g/mol. The molecule has 0 aliphatic carbocycles. The standard InChI is InChI=1S/C23H28N4O5S/c1-15-21(16(2)32-25-15)33(29,30)27-13-9-18(10-14-27)23(28)26-11-7-17(8-12-26)22-24-19-5-3-4-6-20(19)31-22/h3-6,17-18H,7-14H2,1-2H3. The Morgan fingerprint density at radius 2 is 1.73 bits per heavy atom. The van der Waals surface area contributed by atoms with Crippen LogP contribution in [0.5, 0.6) is 0 Å². The number of amides is 1. The highest BCUT2D eigenvalue weighted by molar-refractivity contribution is 7.89. The monoisotopic (exact) mass is 472 g/mol. The minimum atomic E-state index is -3.67. The second-order valence-corrected chi connectivity index (χ2v) is 10.8. The van der Waals surface area contributed by atoms with Crippen LogP contribution in [0.3, 0.4) is 0 Å². The molecule has 2 aromatic heterocycles. The van der Waals surface area contributed by atoms with Gasteiger partial charge in [0.25, 0.3) is 0 Å². The van der Waals surface area contributed by atoms with Gasteiger partial charge in [0.1, 0.15) is 16.1 Å². The predicted octanol–water partition coefficient (Wildman–Crippen LogP) is 3.24. The van der Waals surface area contributed by atoms with Crippen molar-refractivity contribution in [3.63, 3.8) is 0 Å². The molecule has 5 rings (SSSR count). The second kappa shape index (κ2) is 8.57. The van der Waals surface area contributed by atoms with E-state index in [1.807, 2.05) is 29.2 Å². The molecular formula is C23H28N4O5S. The molecule has 1 aromatic carbocycles. The van der Waals surface area contributed by atoms with Crippen molar-refractivity contribution < 1.29 is 22.2 Å². The van der Waals surface area contributed by atoms with Crippen molar-refractivity contribution in [3.05, 3.63) is 41.6 Å². The molecule has 2 aliphatic heterocycles. The summed E-state index contributed by atoms with van der Waals surface area (Å²) in [6.45, 7) is 5.21. The summed E-state index contributed by atoms with van der Waals surface area (Å²) in [6, 6.07) is 7.74. The van der Waals surface area contributed by atoms with E-state index in [1.54, 1.807) is 13.8 Å². The maximum absolute atomic E-state index is 13.1. The quantitative estimate of drug-likeness (QED) is 0.573. The lowest BCUT2D eigenvalue weighted by Crippen LogP contribution is -2.46. The first-order valence-electron chi connectivity index (χ1n) is 11.4. The van der Waals surface area contributed by atoms with Crippen molar-refractivity contribution in [1.82, 2.24) is 19.3 Å². The van der Waals surface area contributed by atoms with Crippen LogP contribution in [-0.4, -0.2) is 59.8 Å². The molecule has 33 heavy (non-hydrogen) atoms. The minimum absolute atomic E-state index is 0.125. The van der Waals surface area contributed by atoms with E-state index in [0.717, 1.165) is 29.8 Å². The Morgan fingerprint density at radius 1 is 1.03 bits per heavy atom. The molecule has 10 heteroatoms. The molecule has 176 valence electrons. The van der Waals surface area contributed by atoms with Gasteiger partial charge in [-0.2, -0.15) is 4.31 Å². The summed E-state index contributed by atoms with van der Waals surface area (Å²) >= 11 is 0. The van der Waals surface area contributed by atoms with Gasteiger partial charge in [-0.15, -0.1) is 0 Å². The van der Waals surface area contributed by atoms with Crippen LogP contribution in [0.1, 0.15) is 48.9 Å². The number of sulfonamides is 1. The van der Waals surface area contributed by atoms with E-state index in [4.69, 9.17) is 8.94 Å². The number of carbonyl (C=O) groups is 1. The van der Waals surface area contributed by atoms with Crippen molar-refractivity contribution in [3.8, 4) is 0 Å². The van der Waals surface area contributed by atoms with Crippen LogP contribution in [0.4, 0.5) is 0 Å². The third-order valence-corrected chi connectivity index (χ3v) is 8.98. The van der Waals surface area contributed by atoms with Gasteiger partial charge in [0.05, 0.1) is 0 Å². The van der Waals surface area contributed by atoms with Crippen LogP contribution < -0.4 is 0 Å². The Hall–Kier alpha value is -2.72. The fourth-order valence-corrected chi connectivity index (χ4v) is 6.75. The van der Waals surface area contributed by atoms with Crippen LogP contribution in [0.2, 0.25) is 0 Å². The number of rotatable bonds is 4. The molecule has 2 fully saturated rings. The molecule has 3 aromatic rings. The van der Waals surface area contributed by atoms with Gasteiger partial charge in [-0.25, -0.2) is 13.4 Å². The van der Waals surface area contributed by atoms with Crippen LogP contribution in [0.25, 0.3) is 11.1 Å². The van der Waals surface area contributed by atoms with Crippen LogP contribution >= 0.6 is 0 Å². The molecule has 2 aliphatic rings. The summed E-state index contributed by atoms with van der Waals surface area (Å²) in [5, 5.41) is 3.77. The smallest absolute Gasteiger partial charge is 0.248 e. The third-order valence-electron chi connectivity index (χ3n) is 6.84. The number of hydrogen-bond donors (Lipinski definition) is 0. The first-order valence-corrected chi connectivity index (χ1v) is 12.9. The molecule has 0 bridgehead atoms. The van der Waals surface area contributed by atoms with Gasteiger partial charge in [0.2, 0.25) is 15.9 Å². The van der Waals surface area contributed by atoms with Gasteiger partial charge in [0.15, 0.2) is 17.2 Å². The molecular weight excluding hydrogens is 444 g/mol. The second-order valence-electron chi connectivity index (χ2n) is 8.95. The zero-order valence-electron chi connectivity index (χ0n) is 18.9. The number of likely N-dealkylation sites (tertiary alicyclic amines) is 1. The Kier molecular flexibility index (Phi) is 5.74. The fraction of sp³-hybridized carbons (Fsp3) is 0.522. The van der Waals surface area contributed by atoms with Crippen molar-refractivity contribution in [2.24, 2.45) is 5.92 Å². The molecule has 1 amide bonds. The van der Waals surface area contributed by atoms with Gasteiger partial charge in [-0.1, -0.05) is 17.3 Å². The van der Waals surface area contributed by atoms with E-state index < -0.39 is 10.0 Å². The molecule has 0 unspecified atom stereocenters. The lowest BCUT2D eigenvalue weighted by molar-refractivity contribution is -0.137. The van der Waals surface area contributed by atoms with Crippen LogP contribution in [-0.2, 0) is 14.8 Å². The topological polar surface area (TPSA) is 110 Å². The zero-order chi connectivity index (χ0) is 23.2. The van der Waals surface area contributed by atoms with Gasteiger partial charge < -0.3 is 13.8 Å². The molecule has 4 heterocycles. The predicted molar refractivity (Wildman–Crippen MR) is 120 cm³/mol. The number of nitrogens with zero attached hydrogens (tertiary/aromatic N) is 4. The molecule has 0 atom stereocenters. The van der Waals surface area contributed by atoms with Crippen molar-refractivity contribution in [2.45, 2.75) is 50.3 Å². The van der Waals surface area contributed by atoms with Crippen molar-refractivity contribution >= 4 is 27.0 Å². The minimum Gasteiger partial charge on any atom is -0.440 e. The van der Waals surface area contributed by atoms with Crippen molar-refractivity contribution in [2.75, 3.05) is 26.2 Å². The number of fused-ring (bicyclic) bond motifs is 1. The average Bonchev–Trinajstić information content (AvgIpc) is 3.41. The highest BCUT2D eigenvalue weighted by Gasteiger charge is 2.37. The van der Waals surface area contributed by atoms with E-state index >= 15 is 0 Å². The number of piperidine rings is 2. The molecule has 9 nitrogen and oxygen atoms in total. The largest absolute Gasteiger partial charge is 0.440 e. The number of carbonyl (C=O) groups excluding carboxylic acids is 1. The normalized spacial score (nSPS) is 19.4. The number of hydrogen-bond acceptors (Lipinski definition) is 7. The maximum atomic E-state index is 13.1. The van der Waals surface area contributed by atoms with Gasteiger partial charge >= 0.3 is 0 Å². The molecule has 0 saturated carbocycles. The first kappa shape index (κ1) is 22.1. The number of aryl methyl sites for hydroxylation is 2. The highest BCUT2D eigenvalue weighted by atomic mass is 32.2. The molecule has 2 saturated heterocycles. The van der Waals surface area contributed by atoms with E-state index in [0.29, 0.717) is 50.5 Å². The third kappa shape index (κ3) is 4.06. The summed E-state index contributed by atoms with van der Waals surface area (Å²) in [6.07, 6.45) is 2.68. The summed E-state index contributed by atoms with van der Waals surface area (Å²) < 4.78 is 38.4. The number of aromatic nitrogens is 2. The van der Waals surface area contributed by atoms with Crippen LogP contribution in [0.15, 0.2) is 38.1 Å². The summed E-state index contributed by atoms with van der Waals surface area (Å²) in [5.41, 5.74) is 2.03. The summed E-state index contributed by atoms with van der Waals surface area (Å²) in [5.74, 6) is 1.24. The lowest BCUT2D eigenvalue weighted by atomic mass is 9.92. The number of oxazole rings is 1. The first-order chi connectivity index (χ1) is 15.8. The molecule has 0 N–H and O–H groups in total. The number of para-hydroxylation sites is 2. The summed E-state index contributed by atoms with van der Waals surface area (Å²) in [4.78, 5) is 19.8. The maximum Gasteiger partial charge on any atom is 0.248 e. The van der Waals surface area contributed by atoms with Crippen molar-refractivity contribution in [1.29, 1.82) is 0 Å². The number of benzene rings is 1. The SMILES string of the molecule is Cc1noc(C)c1S(=O)(=O)N1CCC(C(=O)N2CCC(c3nc4ccccc4o3)CC2)CC1. The fourth-order valence-electron chi connectivity index (χ4n) is 4.98. The van der Waals surface area contributed by atoms with E-state index in [2.05, 4.69) is 10.1 Å². The highest BCUT2D eigenvalue weighted by Crippen LogP contribution is 2.32. The Morgan fingerprint density at radius 3 is 2.36 bits per heavy atom. The van der Waals surface area contributed by atoms with E-state index in [9.17, 15) is 13.2 Å². The Labute approximate surface area is 192 Å². The summed E-state index contributed by atoms with van der Waals surface area (Å²) in [7, 11) is -3.67. The zero-order valence-corrected chi connectivity index (χ0v) is 19.7. The Bertz CT molecular complexity index is 1210. The van der Waals surface area contributed by atoms with E-state index in [-0.39, 0.29) is 22.6 Å². The lowest BCUT2D eigenvalue weighted by Gasteiger charge is -2.36. The van der Waals surface area contributed by atoms with Crippen LogP contribution in [0, 0.1) is 19.8 Å². The van der Waals surface area contributed by atoms with Gasteiger partial charge in [0, 0.05) is 38.0 Å². The molecule has 0 radical (unpaired) electrons. The van der Waals surface area contributed by atoms with E-state index in [1.165, 1.54) is 4.31 Å². The van der Waals surface area contributed by atoms with Gasteiger partial charge in [-0.05, 0) is 51.7 Å².